The first-order valence-electron chi connectivity index (χ1n) is 7.28. The molecule has 0 saturated heterocycles. The molecule has 1 aliphatic heterocycles. The lowest BCUT2D eigenvalue weighted by molar-refractivity contribution is -0.116. The molecule has 0 atom stereocenters. The van der Waals surface area contributed by atoms with Crippen molar-refractivity contribution in [3.05, 3.63) is 65.0 Å². The van der Waals surface area contributed by atoms with Gasteiger partial charge in [-0.05, 0) is 54.2 Å². The molecular weight excluding hydrogens is 265 g/mol. The van der Waals surface area contributed by atoms with Gasteiger partial charge in [-0.2, -0.15) is 0 Å². The molecule has 0 N–H and O–H groups in total. The molecule has 0 aliphatic carbocycles. The monoisotopic (exact) mass is 283 g/mol. The van der Waals surface area contributed by atoms with Crippen molar-refractivity contribution in [2.45, 2.75) is 26.2 Å². The molecule has 0 fully saturated rings. The molecule has 0 aromatic heterocycles. The average Bonchev–Trinajstić information content (AvgIpc) is 2.48. The Morgan fingerprint density at radius 2 is 1.86 bits per heavy atom. The third kappa shape index (κ3) is 2.97. The molecule has 2 aromatic rings. The Bertz CT molecular complexity index is 663. The molecule has 1 aliphatic rings. The van der Waals surface area contributed by atoms with Crippen LogP contribution >= 0.6 is 0 Å². The van der Waals surface area contributed by atoms with Gasteiger partial charge >= 0.3 is 0 Å². The fraction of sp³-hybridized carbons (Fsp3) is 0.278. The fourth-order valence-corrected chi connectivity index (χ4v) is 2.93. The van der Waals surface area contributed by atoms with Crippen LogP contribution in [0.2, 0.25) is 0 Å². The van der Waals surface area contributed by atoms with Crippen molar-refractivity contribution in [3.63, 3.8) is 0 Å². The number of carbonyl (C=O) groups is 1. The first-order valence-corrected chi connectivity index (χ1v) is 7.28. The normalized spacial score (nSPS) is 13.9. The summed E-state index contributed by atoms with van der Waals surface area (Å²) in [6, 6.07) is 12.9. The molecule has 0 bridgehead atoms. The van der Waals surface area contributed by atoms with Gasteiger partial charge in [0.2, 0.25) is 5.91 Å². The Balaban J connectivity index is 1.85. The molecule has 0 radical (unpaired) electrons. The van der Waals surface area contributed by atoms with Gasteiger partial charge in [-0.25, -0.2) is 4.39 Å². The van der Waals surface area contributed by atoms with Crippen LogP contribution in [0.25, 0.3) is 0 Å². The fourth-order valence-electron chi connectivity index (χ4n) is 2.93. The molecule has 3 heteroatoms. The van der Waals surface area contributed by atoms with Crippen LogP contribution in [0.4, 0.5) is 10.1 Å². The van der Waals surface area contributed by atoms with Crippen LogP contribution in [-0.4, -0.2) is 12.5 Å². The zero-order valence-electron chi connectivity index (χ0n) is 12.1. The van der Waals surface area contributed by atoms with E-state index in [2.05, 4.69) is 12.1 Å². The predicted octanol–water partition coefficient (Wildman–Crippen LogP) is 3.72. The lowest BCUT2D eigenvalue weighted by Gasteiger charge is -2.29. The number of amides is 1. The van der Waals surface area contributed by atoms with E-state index >= 15 is 0 Å². The lowest BCUT2D eigenvalue weighted by atomic mass is 9.96. The van der Waals surface area contributed by atoms with E-state index in [1.807, 2.05) is 23.1 Å². The SMILES string of the molecule is CC(=O)N1CCCc2cc(Cc3ccc(F)cc3)ccc21. The maximum Gasteiger partial charge on any atom is 0.223 e. The van der Waals surface area contributed by atoms with E-state index in [9.17, 15) is 9.18 Å². The minimum absolute atomic E-state index is 0.0993. The smallest absolute Gasteiger partial charge is 0.223 e. The van der Waals surface area contributed by atoms with Gasteiger partial charge in [0.15, 0.2) is 0 Å². The number of anilines is 1. The van der Waals surface area contributed by atoms with Crippen molar-refractivity contribution in [1.82, 2.24) is 0 Å². The number of fused-ring (bicyclic) bond motifs is 1. The zero-order valence-corrected chi connectivity index (χ0v) is 12.1. The van der Waals surface area contributed by atoms with Gasteiger partial charge < -0.3 is 4.90 Å². The number of halogens is 1. The number of nitrogens with zero attached hydrogens (tertiary/aromatic N) is 1. The van der Waals surface area contributed by atoms with E-state index in [-0.39, 0.29) is 11.7 Å². The highest BCUT2D eigenvalue weighted by molar-refractivity contribution is 5.92. The summed E-state index contributed by atoms with van der Waals surface area (Å²) < 4.78 is 12.9. The topological polar surface area (TPSA) is 20.3 Å². The van der Waals surface area contributed by atoms with Gasteiger partial charge in [-0.3, -0.25) is 4.79 Å². The summed E-state index contributed by atoms with van der Waals surface area (Å²) >= 11 is 0. The Hall–Kier alpha value is -2.16. The van der Waals surface area contributed by atoms with Crippen LogP contribution < -0.4 is 4.90 Å². The Morgan fingerprint density at radius 3 is 2.57 bits per heavy atom. The van der Waals surface area contributed by atoms with Crippen molar-refractivity contribution in [2.75, 3.05) is 11.4 Å². The van der Waals surface area contributed by atoms with E-state index in [1.165, 1.54) is 23.3 Å². The molecule has 21 heavy (non-hydrogen) atoms. The molecule has 0 unspecified atom stereocenters. The van der Waals surface area contributed by atoms with Crippen LogP contribution in [0.1, 0.15) is 30.0 Å². The minimum Gasteiger partial charge on any atom is -0.312 e. The number of carbonyl (C=O) groups excluding carboxylic acids is 1. The van der Waals surface area contributed by atoms with Gasteiger partial charge in [0, 0.05) is 19.2 Å². The Kier molecular flexibility index (Phi) is 3.74. The molecular formula is C18H18FNO. The van der Waals surface area contributed by atoms with E-state index in [4.69, 9.17) is 0 Å². The van der Waals surface area contributed by atoms with E-state index in [0.29, 0.717) is 0 Å². The van der Waals surface area contributed by atoms with Crippen molar-refractivity contribution >= 4 is 11.6 Å². The predicted molar refractivity (Wildman–Crippen MR) is 82.0 cm³/mol. The van der Waals surface area contributed by atoms with E-state index < -0.39 is 0 Å². The molecule has 2 nitrogen and oxygen atoms in total. The van der Waals surface area contributed by atoms with E-state index in [1.54, 1.807) is 6.92 Å². The lowest BCUT2D eigenvalue weighted by Crippen LogP contribution is -2.33. The summed E-state index contributed by atoms with van der Waals surface area (Å²) in [5, 5.41) is 0. The Morgan fingerprint density at radius 1 is 1.14 bits per heavy atom. The largest absolute Gasteiger partial charge is 0.312 e. The maximum absolute atomic E-state index is 12.9. The summed E-state index contributed by atoms with van der Waals surface area (Å²) in [6.45, 7) is 2.42. The molecule has 0 saturated carbocycles. The van der Waals surface area contributed by atoms with Crippen molar-refractivity contribution in [2.24, 2.45) is 0 Å². The second-order valence-corrected chi connectivity index (χ2v) is 5.54. The quantitative estimate of drug-likeness (QED) is 0.822. The summed E-state index contributed by atoms with van der Waals surface area (Å²) in [4.78, 5) is 13.5. The van der Waals surface area contributed by atoms with Crippen LogP contribution in [0.5, 0.6) is 0 Å². The third-order valence-electron chi connectivity index (χ3n) is 3.96. The van der Waals surface area contributed by atoms with E-state index in [0.717, 1.165) is 37.1 Å². The number of benzene rings is 2. The van der Waals surface area contributed by atoms with Gasteiger partial charge in [0.1, 0.15) is 5.82 Å². The average molecular weight is 283 g/mol. The van der Waals surface area contributed by atoms with Crippen molar-refractivity contribution in [3.8, 4) is 0 Å². The van der Waals surface area contributed by atoms with Gasteiger partial charge in [0.05, 0.1) is 0 Å². The van der Waals surface area contributed by atoms with Crippen LogP contribution in [0, 0.1) is 5.82 Å². The summed E-state index contributed by atoms with van der Waals surface area (Å²) in [5.74, 6) is -0.108. The zero-order chi connectivity index (χ0) is 14.8. The number of rotatable bonds is 2. The van der Waals surface area contributed by atoms with Crippen LogP contribution in [0.15, 0.2) is 42.5 Å². The summed E-state index contributed by atoms with van der Waals surface area (Å²) in [5.41, 5.74) is 4.56. The number of hydrogen-bond acceptors (Lipinski definition) is 1. The Labute approximate surface area is 124 Å². The molecule has 3 rings (SSSR count). The molecule has 2 aromatic carbocycles. The highest BCUT2D eigenvalue weighted by atomic mass is 19.1. The molecule has 0 spiro atoms. The molecule has 1 amide bonds. The second kappa shape index (κ2) is 5.68. The summed E-state index contributed by atoms with van der Waals surface area (Å²) in [7, 11) is 0. The first-order chi connectivity index (χ1) is 10.1. The van der Waals surface area contributed by atoms with Crippen molar-refractivity contribution < 1.29 is 9.18 Å². The number of hydrogen-bond donors (Lipinski definition) is 0. The third-order valence-corrected chi connectivity index (χ3v) is 3.96. The van der Waals surface area contributed by atoms with Crippen LogP contribution in [-0.2, 0) is 17.6 Å². The maximum atomic E-state index is 12.9. The van der Waals surface area contributed by atoms with Crippen LogP contribution in [0.3, 0.4) is 0 Å². The standard InChI is InChI=1S/C18H18FNO/c1-13(21)20-10-2-3-16-12-15(6-9-18(16)20)11-14-4-7-17(19)8-5-14/h4-9,12H,2-3,10-11H2,1H3. The molecule has 108 valence electrons. The van der Waals surface area contributed by atoms with Gasteiger partial charge in [-0.15, -0.1) is 0 Å². The summed E-state index contributed by atoms with van der Waals surface area (Å²) in [6.07, 6.45) is 2.80. The van der Waals surface area contributed by atoms with Gasteiger partial charge in [-0.1, -0.05) is 24.3 Å². The number of aryl methyl sites for hydroxylation is 1. The highest BCUT2D eigenvalue weighted by Crippen LogP contribution is 2.28. The second-order valence-electron chi connectivity index (χ2n) is 5.54. The van der Waals surface area contributed by atoms with Gasteiger partial charge in [0.25, 0.3) is 0 Å². The minimum atomic E-state index is -0.207. The van der Waals surface area contributed by atoms with Crippen molar-refractivity contribution in [1.29, 1.82) is 0 Å². The highest BCUT2D eigenvalue weighted by Gasteiger charge is 2.19. The first kappa shape index (κ1) is 13.8. The molecule has 1 heterocycles.